The van der Waals surface area contributed by atoms with Crippen molar-refractivity contribution in [3.63, 3.8) is 0 Å². The molecule has 1 aromatic carbocycles. The van der Waals surface area contributed by atoms with Crippen molar-refractivity contribution in [1.29, 1.82) is 0 Å². The summed E-state index contributed by atoms with van der Waals surface area (Å²) in [4.78, 5) is 0. The lowest BCUT2D eigenvalue weighted by atomic mass is 9.86. The Hall–Kier alpha value is -1.13. The largest absolute Gasteiger partial charge is 0.507 e. The maximum Gasteiger partial charge on any atom is 0.133 e. The van der Waals surface area contributed by atoms with Crippen LogP contribution in [0.1, 0.15) is 18.4 Å². The average molecular weight is 211 g/mol. The van der Waals surface area contributed by atoms with E-state index in [0.717, 1.165) is 13.0 Å². The lowest BCUT2D eigenvalue weighted by Gasteiger charge is -2.33. The first-order chi connectivity index (χ1) is 7.13. The summed E-state index contributed by atoms with van der Waals surface area (Å²) in [5.74, 6) is -0.734. The quantitative estimate of drug-likeness (QED) is 0.652. The molecule has 1 unspecified atom stereocenters. The van der Waals surface area contributed by atoms with E-state index in [1.54, 1.807) is 0 Å². The number of halogens is 1. The van der Waals surface area contributed by atoms with E-state index < -0.39 is 11.4 Å². The third-order valence-electron chi connectivity index (χ3n) is 2.82. The lowest BCUT2D eigenvalue weighted by Crippen LogP contribution is -2.43. The van der Waals surface area contributed by atoms with Gasteiger partial charge in [0.25, 0.3) is 0 Å². The molecule has 0 bridgehead atoms. The smallest absolute Gasteiger partial charge is 0.133 e. The van der Waals surface area contributed by atoms with Crippen LogP contribution in [0.25, 0.3) is 0 Å². The number of aromatic hydroxyl groups is 1. The highest BCUT2D eigenvalue weighted by Gasteiger charge is 2.35. The van der Waals surface area contributed by atoms with Crippen LogP contribution in [0, 0.1) is 5.82 Å². The minimum absolute atomic E-state index is 0.0113. The Morgan fingerprint density at radius 2 is 2.20 bits per heavy atom. The van der Waals surface area contributed by atoms with Crippen molar-refractivity contribution in [3.8, 4) is 5.75 Å². The summed E-state index contributed by atoms with van der Waals surface area (Å²) in [7, 11) is 0. The third kappa shape index (κ3) is 1.82. The maximum atomic E-state index is 13.5. The molecule has 0 saturated carbocycles. The summed E-state index contributed by atoms with van der Waals surface area (Å²) in [5.41, 5.74) is -1.27. The number of rotatable bonds is 1. The Bertz CT molecular complexity index is 341. The van der Waals surface area contributed by atoms with Crippen molar-refractivity contribution in [3.05, 3.63) is 29.6 Å². The van der Waals surface area contributed by atoms with E-state index in [4.69, 9.17) is 0 Å². The van der Waals surface area contributed by atoms with Gasteiger partial charge in [0.1, 0.15) is 17.2 Å². The standard InChI is InChI=1S/C11H14FNO2/c12-8-3-1-4-9(14)10(8)11(15)5-2-6-13-7-11/h1,3-4,13-15H,2,5-7H2. The highest BCUT2D eigenvalue weighted by Crippen LogP contribution is 2.35. The number of phenols is 1. The Kier molecular flexibility index (Phi) is 2.63. The Morgan fingerprint density at radius 3 is 2.80 bits per heavy atom. The molecule has 82 valence electrons. The SMILES string of the molecule is Oc1cccc(F)c1C1(O)CCCNC1. The molecule has 1 fully saturated rings. The Labute approximate surface area is 87.6 Å². The molecule has 2 rings (SSSR count). The van der Waals surface area contributed by atoms with Crippen molar-refractivity contribution in [1.82, 2.24) is 5.32 Å². The number of aliphatic hydroxyl groups is 1. The monoisotopic (exact) mass is 211 g/mol. The lowest BCUT2D eigenvalue weighted by molar-refractivity contribution is 0.00701. The van der Waals surface area contributed by atoms with Gasteiger partial charge in [0.15, 0.2) is 0 Å². The molecule has 15 heavy (non-hydrogen) atoms. The molecule has 1 aromatic rings. The molecule has 1 atom stereocenters. The highest BCUT2D eigenvalue weighted by molar-refractivity contribution is 5.38. The Morgan fingerprint density at radius 1 is 1.40 bits per heavy atom. The number of hydrogen-bond acceptors (Lipinski definition) is 3. The normalized spacial score (nSPS) is 26.5. The van der Waals surface area contributed by atoms with Crippen LogP contribution < -0.4 is 5.32 Å². The van der Waals surface area contributed by atoms with Gasteiger partial charge in [-0.2, -0.15) is 0 Å². The molecular formula is C11H14FNO2. The first-order valence-corrected chi connectivity index (χ1v) is 5.04. The van der Waals surface area contributed by atoms with Crippen molar-refractivity contribution in [2.24, 2.45) is 0 Å². The van der Waals surface area contributed by atoms with Gasteiger partial charge in [0.05, 0.1) is 5.56 Å². The number of benzene rings is 1. The second kappa shape index (κ2) is 3.79. The van der Waals surface area contributed by atoms with Crippen molar-refractivity contribution in [2.45, 2.75) is 18.4 Å². The minimum Gasteiger partial charge on any atom is -0.507 e. The first kappa shape index (κ1) is 10.4. The van der Waals surface area contributed by atoms with E-state index in [-0.39, 0.29) is 17.9 Å². The summed E-state index contributed by atoms with van der Waals surface area (Å²) in [6.07, 6.45) is 1.23. The third-order valence-corrected chi connectivity index (χ3v) is 2.82. The van der Waals surface area contributed by atoms with Crippen LogP contribution in [-0.2, 0) is 5.60 Å². The van der Waals surface area contributed by atoms with E-state index in [0.29, 0.717) is 6.42 Å². The van der Waals surface area contributed by atoms with Crippen LogP contribution >= 0.6 is 0 Å². The highest BCUT2D eigenvalue weighted by atomic mass is 19.1. The zero-order valence-corrected chi connectivity index (χ0v) is 8.33. The van der Waals surface area contributed by atoms with Gasteiger partial charge in [-0.25, -0.2) is 4.39 Å². The fraction of sp³-hybridized carbons (Fsp3) is 0.455. The minimum atomic E-state index is -1.28. The maximum absolute atomic E-state index is 13.5. The zero-order valence-electron chi connectivity index (χ0n) is 8.33. The van der Waals surface area contributed by atoms with E-state index in [2.05, 4.69) is 5.32 Å². The number of β-amino-alcohol motifs (C(OH)–C–C–N with tert-alkyl or cyclic N) is 1. The molecule has 1 heterocycles. The molecular weight excluding hydrogens is 197 g/mol. The van der Waals surface area contributed by atoms with Crippen molar-refractivity contribution >= 4 is 0 Å². The summed E-state index contributed by atoms with van der Waals surface area (Å²) >= 11 is 0. The summed E-state index contributed by atoms with van der Waals surface area (Å²) in [6.45, 7) is 1.10. The summed E-state index contributed by atoms with van der Waals surface area (Å²) in [6, 6.07) is 4.07. The molecule has 0 aromatic heterocycles. The first-order valence-electron chi connectivity index (χ1n) is 5.04. The van der Waals surface area contributed by atoms with Gasteiger partial charge in [0.2, 0.25) is 0 Å². The van der Waals surface area contributed by atoms with Gasteiger partial charge < -0.3 is 15.5 Å². The van der Waals surface area contributed by atoms with Gasteiger partial charge in [-0.05, 0) is 31.5 Å². The topological polar surface area (TPSA) is 52.5 Å². The van der Waals surface area contributed by atoms with Gasteiger partial charge in [-0.3, -0.25) is 0 Å². The molecule has 0 amide bonds. The summed E-state index contributed by atoms with van der Waals surface area (Å²) in [5, 5.41) is 22.8. The number of phenolic OH excluding ortho intramolecular Hbond substituents is 1. The second-order valence-corrected chi connectivity index (χ2v) is 3.95. The number of hydrogen-bond donors (Lipinski definition) is 3. The Balaban J connectivity index is 2.42. The molecule has 1 saturated heterocycles. The predicted octanol–water partition coefficient (Wildman–Crippen LogP) is 1.10. The van der Waals surface area contributed by atoms with E-state index in [1.807, 2.05) is 0 Å². The zero-order chi connectivity index (χ0) is 10.9. The molecule has 4 heteroatoms. The van der Waals surface area contributed by atoms with Crippen molar-refractivity contribution in [2.75, 3.05) is 13.1 Å². The molecule has 3 N–H and O–H groups in total. The summed E-state index contributed by atoms with van der Waals surface area (Å²) < 4.78 is 13.5. The number of nitrogens with one attached hydrogen (secondary N) is 1. The second-order valence-electron chi connectivity index (χ2n) is 3.95. The van der Waals surface area contributed by atoms with Crippen LogP contribution in [0.5, 0.6) is 5.75 Å². The van der Waals surface area contributed by atoms with Crippen LogP contribution in [0.15, 0.2) is 18.2 Å². The van der Waals surface area contributed by atoms with E-state index >= 15 is 0 Å². The van der Waals surface area contributed by atoms with Gasteiger partial charge >= 0.3 is 0 Å². The molecule has 0 radical (unpaired) electrons. The molecule has 3 nitrogen and oxygen atoms in total. The van der Waals surface area contributed by atoms with Crippen molar-refractivity contribution < 1.29 is 14.6 Å². The number of piperidine rings is 1. The molecule has 0 aliphatic carbocycles. The van der Waals surface area contributed by atoms with Gasteiger partial charge in [0, 0.05) is 6.54 Å². The molecule has 0 spiro atoms. The van der Waals surface area contributed by atoms with E-state index in [9.17, 15) is 14.6 Å². The van der Waals surface area contributed by atoms with Crippen LogP contribution in [0.4, 0.5) is 4.39 Å². The van der Waals surface area contributed by atoms with E-state index in [1.165, 1.54) is 18.2 Å². The van der Waals surface area contributed by atoms with Gasteiger partial charge in [-0.15, -0.1) is 0 Å². The fourth-order valence-corrected chi connectivity index (χ4v) is 2.08. The van der Waals surface area contributed by atoms with Gasteiger partial charge in [-0.1, -0.05) is 6.07 Å². The molecule has 1 aliphatic heterocycles. The molecule has 1 aliphatic rings. The predicted molar refractivity (Wildman–Crippen MR) is 54.1 cm³/mol. The fourth-order valence-electron chi connectivity index (χ4n) is 2.08. The van der Waals surface area contributed by atoms with Crippen LogP contribution in [0.2, 0.25) is 0 Å². The van der Waals surface area contributed by atoms with Crippen LogP contribution in [-0.4, -0.2) is 23.3 Å². The van der Waals surface area contributed by atoms with Crippen LogP contribution in [0.3, 0.4) is 0 Å². The average Bonchev–Trinajstić information content (AvgIpc) is 2.18.